The van der Waals surface area contributed by atoms with Crippen molar-refractivity contribution < 1.29 is 17.9 Å². The summed E-state index contributed by atoms with van der Waals surface area (Å²) >= 11 is 0. The molecule has 1 amide bonds. The summed E-state index contributed by atoms with van der Waals surface area (Å²) in [5.41, 5.74) is 0.223. The summed E-state index contributed by atoms with van der Waals surface area (Å²) < 4.78 is 28.5. The third kappa shape index (κ3) is 3.38. The molecule has 0 spiro atoms. The van der Waals surface area contributed by atoms with Crippen LogP contribution in [0.1, 0.15) is 29.5 Å². The fraction of sp³-hybridized carbons (Fsp3) is 0.667. The van der Waals surface area contributed by atoms with Gasteiger partial charge in [-0.3, -0.25) is 9.89 Å². The van der Waals surface area contributed by atoms with E-state index in [4.69, 9.17) is 15.4 Å². The first kappa shape index (κ1) is 16.3. The minimum Gasteiger partial charge on any atom is -0.384 e. The molecular formula is C12H18ClN3O4S. The van der Waals surface area contributed by atoms with Gasteiger partial charge < -0.3 is 9.64 Å². The number of carbonyl (C=O) groups is 1. The Morgan fingerprint density at radius 2 is 2.29 bits per heavy atom. The van der Waals surface area contributed by atoms with Crippen LogP contribution in [0.4, 0.5) is 0 Å². The second-order valence-electron chi connectivity index (χ2n) is 5.03. The van der Waals surface area contributed by atoms with E-state index in [1.807, 2.05) is 0 Å². The fourth-order valence-electron chi connectivity index (χ4n) is 2.55. The maximum absolute atomic E-state index is 12.5. The van der Waals surface area contributed by atoms with Gasteiger partial charge in [-0.2, -0.15) is 5.10 Å². The van der Waals surface area contributed by atoms with E-state index in [2.05, 4.69) is 10.2 Å². The number of nitrogens with zero attached hydrogens (tertiary/aromatic N) is 2. The number of ether oxygens (including phenoxy) is 1. The van der Waals surface area contributed by atoms with Gasteiger partial charge in [0.2, 0.25) is 0 Å². The van der Waals surface area contributed by atoms with Crippen molar-refractivity contribution in [3.05, 3.63) is 11.4 Å². The number of H-pyrrole nitrogens is 1. The summed E-state index contributed by atoms with van der Waals surface area (Å²) in [6.45, 7) is 3.43. The van der Waals surface area contributed by atoms with E-state index >= 15 is 0 Å². The van der Waals surface area contributed by atoms with Crippen LogP contribution in [-0.2, 0) is 20.2 Å². The smallest absolute Gasteiger partial charge is 0.275 e. The molecule has 1 aromatic rings. The molecule has 1 saturated heterocycles. The number of methoxy groups -OCH3 is 1. The van der Waals surface area contributed by atoms with E-state index in [1.165, 1.54) is 0 Å². The van der Waals surface area contributed by atoms with Crippen molar-refractivity contribution >= 4 is 25.6 Å². The van der Waals surface area contributed by atoms with Crippen molar-refractivity contribution in [1.29, 1.82) is 0 Å². The van der Waals surface area contributed by atoms with E-state index in [0.717, 1.165) is 6.42 Å². The number of hydrogen-bond acceptors (Lipinski definition) is 5. The first-order valence-electron chi connectivity index (χ1n) is 6.68. The number of likely N-dealkylation sites (tertiary alicyclic amines) is 1. The van der Waals surface area contributed by atoms with Crippen molar-refractivity contribution in [2.75, 3.05) is 26.8 Å². The lowest BCUT2D eigenvalue weighted by Gasteiger charge is -2.15. The highest BCUT2D eigenvalue weighted by molar-refractivity contribution is 8.13. The second-order valence-corrected chi connectivity index (χ2v) is 7.54. The largest absolute Gasteiger partial charge is 0.384 e. The normalized spacial score (nSPS) is 19.2. The summed E-state index contributed by atoms with van der Waals surface area (Å²) in [5.74, 6) is -0.150. The lowest BCUT2D eigenvalue weighted by molar-refractivity contribution is 0.0766. The van der Waals surface area contributed by atoms with Crippen LogP contribution < -0.4 is 0 Å². The number of aromatic nitrogens is 2. The number of nitrogens with one attached hydrogen (secondary N) is 1. The van der Waals surface area contributed by atoms with Crippen molar-refractivity contribution in [3.63, 3.8) is 0 Å². The number of halogens is 1. The Balaban J connectivity index is 2.27. The molecule has 1 aliphatic heterocycles. The van der Waals surface area contributed by atoms with Crippen molar-refractivity contribution in [3.8, 4) is 0 Å². The molecule has 0 bridgehead atoms. The third-order valence-electron chi connectivity index (χ3n) is 3.57. The molecular weight excluding hydrogens is 318 g/mol. The quantitative estimate of drug-likeness (QED) is 0.811. The first-order valence-corrected chi connectivity index (χ1v) is 8.99. The highest BCUT2D eigenvalue weighted by Crippen LogP contribution is 2.26. The predicted octanol–water partition coefficient (Wildman–Crippen LogP) is 1.01. The summed E-state index contributed by atoms with van der Waals surface area (Å²) in [5, 5.41) is 6.44. The van der Waals surface area contributed by atoms with E-state index in [9.17, 15) is 13.2 Å². The molecule has 1 aliphatic rings. The first-order chi connectivity index (χ1) is 9.88. The van der Waals surface area contributed by atoms with Crippen LogP contribution in [0.3, 0.4) is 0 Å². The Kier molecular flexibility index (Phi) is 4.90. The van der Waals surface area contributed by atoms with Gasteiger partial charge in [-0.25, -0.2) is 8.42 Å². The number of carbonyl (C=O) groups excluding carboxylic acids is 1. The lowest BCUT2D eigenvalue weighted by Crippen LogP contribution is -2.30. The van der Waals surface area contributed by atoms with E-state index < -0.39 is 15.0 Å². The maximum Gasteiger partial charge on any atom is 0.275 e. The zero-order chi connectivity index (χ0) is 15.6. The molecule has 2 heterocycles. The highest BCUT2D eigenvalue weighted by Gasteiger charge is 2.33. The van der Waals surface area contributed by atoms with Crippen molar-refractivity contribution in [2.24, 2.45) is 5.92 Å². The summed E-state index contributed by atoms with van der Waals surface area (Å²) in [6, 6.07) is 0. The monoisotopic (exact) mass is 335 g/mol. The van der Waals surface area contributed by atoms with Crippen molar-refractivity contribution in [1.82, 2.24) is 15.1 Å². The molecule has 1 fully saturated rings. The van der Waals surface area contributed by atoms with Crippen LogP contribution in [0.25, 0.3) is 0 Å². The maximum atomic E-state index is 12.5. The number of rotatable bonds is 5. The van der Waals surface area contributed by atoms with Crippen LogP contribution >= 0.6 is 10.7 Å². The number of hydrogen-bond donors (Lipinski definition) is 1. The standard InChI is InChI=1S/C12H18ClN3O4S/c1-3-9-11(21(13,18)19)10(15-14-9)12(17)16-5-4-8(6-16)7-20-2/h8H,3-7H2,1-2H3,(H,14,15). The molecule has 1 N–H and O–H groups in total. The number of aromatic amines is 1. The van der Waals surface area contributed by atoms with Gasteiger partial charge in [-0.05, 0) is 12.8 Å². The number of amides is 1. The topological polar surface area (TPSA) is 92.4 Å². The molecule has 21 heavy (non-hydrogen) atoms. The molecule has 0 aromatic carbocycles. The van der Waals surface area contributed by atoms with Gasteiger partial charge >= 0.3 is 0 Å². The van der Waals surface area contributed by atoms with Crippen LogP contribution in [-0.4, -0.2) is 56.2 Å². The van der Waals surface area contributed by atoms with Gasteiger partial charge in [0, 0.05) is 36.8 Å². The molecule has 1 aromatic heterocycles. The van der Waals surface area contributed by atoms with Crippen LogP contribution in [0.5, 0.6) is 0 Å². The van der Waals surface area contributed by atoms with Crippen molar-refractivity contribution in [2.45, 2.75) is 24.7 Å². The highest BCUT2D eigenvalue weighted by atomic mass is 35.7. The summed E-state index contributed by atoms with van der Waals surface area (Å²) in [7, 11) is 3.03. The molecule has 1 atom stereocenters. The molecule has 9 heteroatoms. The Morgan fingerprint density at radius 1 is 1.57 bits per heavy atom. The fourth-order valence-corrected chi connectivity index (χ4v) is 3.90. The Hall–Kier alpha value is -1.12. The average molecular weight is 336 g/mol. The molecule has 0 saturated carbocycles. The Bertz CT molecular complexity index is 628. The van der Waals surface area contributed by atoms with Crippen LogP contribution in [0, 0.1) is 5.92 Å². The number of aryl methyl sites for hydroxylation is 1. The van der Waals surface area contributed by atoms with E-state index in [1.54, 1.807) is 18.9 Å². The van der Waals surface area contributed by atoms with E-state index in [-0.39, 0.29) is 16.5 Å². The molecule has 2 rings (SSSR count). The van der Waals surface area contributed by atoms with Crippen LogP contribution in [0.15, 0.2) is 4.90 Å². The minimum absolute atomic E-state index is 0.125. The molecule has 7 nitrogen and oxygen atoms in total. The Labute approximate surface area is 128 Å². The average Bonchev–Trinajstić information content (AvgIpc) is 3.03. The Morgan fingerprint density at radius 3 is 2.86 bits per heavy atom. The van der Waals surface area contributed by atoms with E-state index in [0.29, 0.717) is 31.8 Å². The molecule has 118 valence electrons. The van der Waals surface area contributed by atoms with Gasteiger partial charge in [0.15, 0.2) is 5.69 Å². The van der Waals surface area contributed by atoms with Gasteiger partial charge in [0.05, 0.1) is 12.3 Å². The van der Waals surface area contributed by atoms with Gasteiger partial charge in [-0.15, -0.1) is 0 Å². The zero-order valence-corrected chi connectivity index (χ0v) is 13.5. The lowest BCUT2D eigenvalue weighted by atomic mass is 10.1. The van der Waals surface area contributed by atoms with Gasteiger partial charge in [-0.1, -0.05) is 6.92 Å². The third-order valence-corrected chi connectivity index (χ3v) is 4.96. The second kappa shape index (κ2) is 6.33. The predicted molar refractivity (Wildman–Crippen MR) is 76.9 cm³/mol. The minimum atomic E-state index is -4.02. The molecule has 1 unspecified atom stereocenters. The summed E-state index contributed by atoms with van der Waals surface area (Å²) in [6.07, 6.45) is 1.22. The molecule has 0 aliphatic carbocycles. The summed E-state index contributed by atoms with van der Waals surface area (Å²) in [4.78, 5) is 13.9. The van der Waals surface area contributed by atoms with Gasteiger partial charge in [0.1, 0.15) is 4.90 Å². The molecule has 0 radical (unpaired) electrons. The van der Waals surface area contributed by atoms with Crippen LogP contribution in [0.2, 0.25) is 0 Å². The van der Waals surface area contributed by atoms with Gasteiger partial charge in [0.25, 0.3) is 15.0 Å². The zero-order valence-electron chi connectivity index (χ0n) is 11.9. The SMILES string of the molecule is CCc1[nH]nc(C(=O)N2CCC(COC)C2)c1S(=O)(=O)Cl.